The summed E-state index contributed by atoms with van der Waals surface area (Å²) in [6, 6.07) is 0. The van der Waals surface area contributed by atoms with E-state index in [1.807, 2.05) is 13.8 Å². The Morgan fingerprint density at radius 1 is 1.33 bits per heavy atom. The van der Waals surface area contributed by atoms with Crippen molar-refractivity contribution in [3.63, 3.8) is 0 Å². The molecule has 5 nitrogen and oxygen atoms in total. The first-order valence-electron chi connectivity index (χ1n) is 7.42. The smallest absolute Gasteiger partial charge is 0.260 e. The van der Waals surface area contributed by atoms with E-state index in [-0.39, 0.29) is 17.8 Å². The Morgan fingerprint density at radius 2 is 2.00 bits per heavy atom. The molecule has 0 spiro atoms. The van der Waals surface area contributed by atoms with E-state index < -0.39 is 0 Å². The van der Waals surface area contributed by atoms with E-state index in [9.17, 15) is 4.79 Å². The molecule has 114 valence electrons. The number of thiophene rings is 1. The van der Waals surface area contributed by atoms with Gasteiger partial charge in [0.1, 0.15) is 36.7 Å². The quantitative estimate of drug-likeness (QED) is 0.862. The molecule has 0 aromatic carbocycles. The SMILES string of the molecule is Cc1sc2nc(C[NH+]3C[C@H](C)O[C@@H](C)C3)[nH]c(=O)c2c1C. The second kappa shape index (κ2) is 5.51. The lowest BCUT2D eigenvalue weighted by atomic mass is 10.2. The van der Waals surface area contributed by atoms with Gasteiger partial charge in [-0.15, -0.1) is 11.3 Å². The number of quaternary nitrogens is 1. The van der Waals surface area contributed by atoms with Gasteiger partial charge >= 0.3 is 0 Å². The predicted molar refractivity (Wildman–Crippen MR) is 84.1 cm³/mol. The lowest BCUT2D eigenvalue weighted by Gasteiger charge is -2.32. The van der Waals surface area contributed by atoms with Crippen molar-refractivity contribution in [3.8, 4) is 0 Å². The zero-order valence-electron chi connectivity index (χ0n) is 12.9. The third-order valence-corrected chi connectivity index (χ3v) is 5.22. The summed E-state index contributed by atoms with van der Waals surface area (Å²) in [4.78, 5) is 23.3. The van der Waals surface area contributed by atoms with Gasteiger partial charge in [-0.1, -0.05) is 0 Å². The number of aryl methyl sites for hydroxylation is 2. The minimum Gasteiger partial charge on any atom is -0.364 e. The van der Waals surface area contributed by atoms with Crippen molar-refractivity contribution in [2.45, 2.75) is 46.4 Å². The molecule has 2 aromatic rings. The zero-order valence-corrected chi connectivity index (χ0v) is 13.8. The Morgan fingerprint density at radius 3 is 2.67 bits per heavy atom. The fraction of sp³-hybridized carbons (Fsp3) is 0.600. The molecule has 2 N–H and O–H groups in total. The normalized spacial score (nSPS) is 26.4. The molecule has 0 radical (unpaired) electrons. The van der Waals surface area contributed by atoms with Gasteiger partial charge in [0.25, 0.3) is 5.56 Å². The summed E-state index contributed by atoms with van der Waals surface area (Å²) < 4.78 is 5.76. The van der Waals surface area contributed by atoms with Gasteiger partial charge in [0.2, 0.25) is 0 Å². The van der Waals surface area contributed by atoms with Crippen LogP contribution in [-0.2, 0) is 11.3 Å². The Labute approximate surface area is 128 Å². The lowest BCUT2D eigenvalue weighted by molar-refractivity contribution is -0.928. The van der Waals surface area contributed by atoms with Crippen LogP contribution in [0.5, 0.6) is 0 Å². The number of hydrogen-bond donors (Lipinski definition) is 2. The Kier molecular flexibility index (Phi) is 3.86. The molecule has 1 aliphatic heterocycles. The summed E-state index contributed by atoms with van der Waals surface area (Å²) in [5.74, 6) is 0.782. The summed E-state index contributed by atoms with van der Waals surface area (Å²) in [7, 11) is 0. The van der Waals surface area contributed by atoms with Gasteiger partial charge in [0.05, 0.1) is 5.39 Å². The van der Waals surface area contributed by atoms with Crippen molar-refractivity contribution >= 4 is 21.6 Å². The average molecular weight is 308 g/mol. The van der Waals surface area contributed by atoms with Crippen LogP contribution in [0.2, 0.25) is 0 Å². The van der Waals surface area contributed by atoms with Crippen molar-refractivity contribution in [2.24, 2.45) is 0 Å². The molecule has 1 saturated heterocycles. The molecular weight excluding hydrogens is 286 g/mol. The monoisotopic (exact) mass is 308 g/mol. The molecule has 1 aliphatic rings. The van der Waals surface area contributed by atoms with Crippen molar-refractivity contribution < 1.29 is 9.64 Å². The summed E-state index contributed by atoms with van der Waals surface area (Å²) in [5.41, 5.74) is 1.04. The number of hydrogen-bond acceptors (Lipinski definition) is 4. The van der Waals surface area contributed by atoms with Crippen molar-refractivity contribution in [1.29, 1.82) is 0 Å². The van der Waals surface area contributed by atoms with Gasteiger partial charge < -0.3 is 14.6 Å². The minimum atomic E-state index is -0.00870. The van der Waals surface area contributed by atoms with E-state index >= 15 is 0 Å². The molecule has 2 aromatic heterocycles. The number of ether oxygens (including phenoxy) is 1. The van der Waals surface area contributed by atoms with E-state index in [1.54, 1.807) is 11.3 Å². The first-order chi connectivity index (χ1) is 9.94. The van der Waals surface area contributed by atoms with Crippen LogP contribution in [0.1, 0.15) is 30.1 Å². The minimum absolute atomic E-state index is 0.00870. The number of rotatable bonds is 2. The van der Waals surface area contributed by atoms with Gasteiger partial charge in [0.15, 0.2) is 5.82 Å². The van der Waals surface area contributed by atoms with Gasteiger partial charge in [-0.05, 0) is 33.3 Å². The van der Waals surface area contributed by atoms with Crippen molar-refractivity contribution in [3.05, 3.63) is 26.6 Å². The lowest BCUT2D eigenvalue weighted by Crippen LogP contribution is -3.14. The molecular formula is C15H22N3O2S+. The highest BCUT2D eigenvalue weighted by Crippen LogP contribution is 2.25. The number of nitrogens with zero attached hydrogens (tertiary/aromatic N) is 1. The zero-order chi connectivity index (χ0) is 15.1. The molecule has 0 aliphatic carbocycles. The number of fused-ring (bicyclic) bond motifs is 1. The second-order valence-electron chi connectivity index (χ2n) is 6.07. The van der Waals surface area contributed by atoms with Crippen LogP contribution in [0, 0.1) is 13.8 Å². The number of morpholine rings is 1. The van der Waals surface area contributed by atoms with E-state index in [0.29, 0.717) is 0 Å². The Bertz CT molecular complexity index is 712. The van der Waals surface area contributed by atoms with E-state index in [2.05, 4.69) is 23.8 Å². The number of H-pyrrole nitrogens is 1. The van der Waals surface area contributed by atoms with Crippen LogP contribution >= 0.6 is 11.3 Å². The summed E-state index contributed by atoms with van der Waals surface area (Å²) >= 11 is 1.61. The Balaban J connectivity index is 1.89. The maximum Gasteiger partial charge on any atom is 0.260 e. The topological polar surface area (TPSA) is 59.4 Å². The van der Waals surface area contributed by atoms with E-state index in [0.717, 1.165) is 41.2 Å². The summed E-state index contributed by atoms with van der Waals surface area (Å²) in [5, 5.41) is 0.750. The average Bonchev–Trinajstić information content (AvgIpc) is 2.63. The van der Waals surface area contributed by atoms with Crippen molar-refractivity contribution in [2.75, 3.05) is 13.1 Å². The third kappa shape index (κ3) is 2.88. The first-order valence-corrected chi connectivity index (χ1v) is 8.23. The molecule has 2 atom stereocenters. The highest BCUT2D eigenvalue weighted by Gasteiger charge is 2.26. The highest BCUT2D eigenvalue weighted by molar-refractivity contribution is 7.18. The summed E-state index contributed by atoms with van der Waals surface area (Å²) in [6.07, 6.45) is 0.510. The van der Waals surface area contributed by atoms with Crippen molar-refractivity contribution in [1.82, 2.24) is 9.97 Å². The maximum absolute atomic E-state index is 12.3. The van der Waals surface area contributed by atoms with Gasteiger partial charge in [-0.3, -0.25) is 4.79 Å². The van der Waals surface area contributed by atoms with Crippen LogP contribution in [0.15, 0.2) is 4.79 Å². The van der Waals surface area contributed by atoms with Gasteiger partial charge in [-0.2, -0.15) is 0 Å². The van der Waals surface area contributed by atoms with Crippen LogP contribution in [0.4, 0.5) is 0 Å². The Hall–Kier alpha value is -1.24. The van der Waals surface area contributed by atoms with Gasteiger partial charge in [-0.25, -0.2) is 4.98 Å². The third-order valence-electron chi connectivity index (χ3n) is 4.12. The molecule has 0 amide bonds. The van der Waals surface area contributed by atoms with Gasteiger partial charge in [0, 0.05) is 4.88 Å². The fourth-order valence-corrected chi connectivity index (χ4v) is 4.20. The number of nitrogens with one attached hydrogen (secondary N) is 2. The second-order valence-corrected chi connectivity index (χ2v) is 7.27. The van der Waals surface area contributed by atoms with Crippen LogP contribution < -0.4 is 10.5 Å². The molecule has 21 heavy (non-hydrogen) atoms. The molecule has 3 rings (SSSR count). The van der Waals surface area contributed by atoms with E-state index in [4.69, 9.17) is 4.74 Å². The molecule has 3 heterocycles. The molecule has 0 bridgehead atoms. The molecule has 1 fully saturated rings. The summed E-state index contributed by atoms with van der Waals surface area (Å²) in [6.45, 7) is 10.9. The molecule has 6 heteroatoms. The maximum atomic E-state index is 12.3. The number of aromatic amines is 1. The molecule has 0 saturated carbocycles. The van der Waals surface area contributed by atoms with Crippen LogP contribution in [-0.4, -0.2) is 35.3 Å². The molecule has 0 unspecified atom stereocenters. The predicted octanol–water partition coefficient (Wildman–Crippen LogP) is 0.794. The van der Waals surface area contributed by atoms with Crippen LogP contribution in [0.3, 0.4) is 0 Å². The largest absolute Gasteiger partial charge is 0.364 e. The highest BCUT2D eigenvalue weighted by atomic mass is 32.1. The fourth-order valence-electron chi connectivity index (χ4n) is 3.15. The number of aromatic nitrogens is 2. The van der Waals surface area contributed by atoms with Crippen LogP contribution in [0.25, 0.3) is 10.2 Å². The first kappa shape index (κ1) is 14.7. The standard InChI is InChI=1S/C15H21N3O2S/c1-8-5-18(6-9(2)20-8)7-12-16-14(19)13-10(3)11(4)21-15(13)17-12/h8-9H,5-7H2,1-4H3,(H,16,17,19)/p+1/t8-,9-/m0/s1. The van der Waals surface area contributed by atoms with E-state index in [1.165, 1.54) is 9.78 Å².